The summed E-state index contributed by atoms with van der Waals surface area (Å²) in [5.41, 5.74) is 8.22. The summed E-state index contributed by atoms with van der Waals surface area (Å²) in [7, 11) is 0. The first-order valence-corrected chi connectivity index (χ1v) is 6.53. The first kappa shape index (κ1) is 11.3. The summed E-state index contributed by atoms with van der Waals surface area (Å²) in [6, 6.07) is 5.73. The van der Waals surface area contributed by atoms with E-state index < -0.39 is 0 Å². The molecule has 0 bridgehead atoms. The quantitative estimate of drug-likeness (QED) is 0.762. The van der Waals surface area contributed by atoms with Gasteiger partial charge in [0.25, 0.3) is 5.78 Å². The smallest absolute Gasteiger partial charge is 0.255 e. The van der Waals surface area contributed by atoms with Crippen molar-refractivity contribution in [2.75, 3.05) is 0 Å². The molecular weight excluding hydrogens is 246 g/mol. The first-order chi connectivity index (χ1) is 8.66. The second-order valence-corrected chi connectivity index (χ2v) is 5.20. The maximum atomic E-state index is 6.24. The number of rotatable bonds is 2. The predicted octanol–water partition coefficient (Wildman–Crippen LogP) is 1.85. The van der Waals surface area contributed by atoms with Crippen LogP contribution in [0.2, 0.25) is 0 Å². The van der Waals surface area contributed by atoms with E-state index in [1.54, 1.807) is 11.3 Å². The number of aromatic nitrogens is 4. The summed E-state index contributed by atoms with van der Waals surface area (Å²) in [5, 5.41) is 10.3. The van der Waals surface area contributed by atoms with Crippen molar-refractivity contribution in [2.24, 2.45) is 5.73 Å². The summed E-state index contributed by atoms with van der Waals surface area (Å²) >= 11 is 1.62. The van der Waals surface area contributed by atoms with Crippen LogP contribution < -0.4 is 5.73 Å². The number of hydrogen-bond donors (Lipinski definition) is 1. The van der Waals surface area contributed by atoms with E-state index in [0.717, 1.165) is 22.1 Å². The van der Waals surface area contributed by atoms with E-state index in [1.165, 1.54) is 0 Å². The van der Waals surface area contributed by atoms with Gasteiger partial charge in [-0.15, -0.1) is 21.5 Å². The fraction of sp³-hybridized carbons (Fsp3) is 0.250. The van der Waals surface area contributed by atoms with Gasteiger partial charge >= 0.3 is 0 Å². The Hall–Kier alpha value is -1.79. The molecule has 3 rings (SSSR count). The highest BCUT2D eigenvalue weighted by Crippen LogP contribution is 2.23. The molecule has 18 heavy (non-hydrogen) atoms. The van der Waals surface area contributed by atoms with Crippen LogP contribution in [0.15, 0.2) is 23.6 Å². The Morgan fingerprint density at radius 1 is 1.33 bits per heavy atom. The van der Waals surface area contributed by atoms with E-state index in [4.69, 9.17) is 5.73 Å². The molecular formula is C12H13N5S. The highest BCUT2D eigenvalue weighted by molar-refractivity contribution is 7.10. The third-order valence-electron chi connectivity index (χ3n) is 2.85. The molecule has 1 unspecified atom stereocenters. The highest BCUT2D eigenvalue weighted by Gasteiger charge is 2.18. The molecule has 3 aromatic heterocycles. The van der Waals surface area contributed by atoms with Crippen LogP contribution in [0, 0.1) is 13.8 Å². The van der Waals surface area contributed by atoms with E-state index >= 15 is 0 Å². The zero-order valence-electron chi connectivity index (χ0n) is 10.2. The molecule has 0 saturated carbocycles. The Balaban J connectivity index is 2.19. The minimum absolute atomic E-state index is 0.261. The molecule has 0 radical (unpaired) electrons. The summed E-state index contributed by atoms with van der Waals surface area (Å²) in [6.07, 6.45) is 0. The van der Waals surface area contributed by atoms with E-state index in [-0.39, 0.29) is 6.04 Å². The molecule has 92 valence electrons. The van der Waals surface area contributed by atoms with Gasteiger partial charge in [-0.3, -0.25) is 4.40 Å². The fourth-order valence-corrected chi connectivity index (χ4v) is 2.78. The summed E-state index contributed by atoms with van der Waals surface area (Å²) in [6.45, 7) is 3.95. The Kier molecular flexibility index (Phi) is 2.61. The molecule has 0 spiro atoms. The summed E-state index contributed by atoms with van der Waals surface area (Å²) in [5.74, 6) is 1.34. The molecule has 6 heteroatoms. The monoisotopic (exact) mass is 259 g/mol. The van der Waals surface area contributed by atoms with Crippen molar-refractivity contribution >= 4 is 17.1 Å². The van der Waals surface area contributed by atoms with Crippen molar-refractivity contribution in [1.29, 1.82) is 0 Å². The molecule has 3 heterocycles. The maximum Gasteiger partial charge on any atom is 0.255 e. The summed E-state index contributed by atoms with van der Waals surface area (Å²) < 4.78 is 1.91. The molecule has 0 aromatic carbocycles. The molecule has 0 aliphatic carbocycles. The molecule has 5 nitrogen and oxygen atoms in total. The Morgan fingerprint density at radius 2 is 2.17 bits per heavy atom. The van der Waals surface area contributed by atoms with Gasteiger partial charge in [0.1, 0.15) is 6.04 Å². The second-order valence-electron chi connectivity index (χ2n) is 4.23. The Labute approximate surface area is 108 Å². The molecule has 1 atom stereocenters. The zero-order valence-corrected chi connectivity index (χ0v) is 11.0. The van der Waals surface area contributed by atoms with Gasteiger partial charge in [0.15, 0.2) is 5.82 Å². The van der Waals surface area contributed by atoms with Crippen molar-refractivity contribution in [1.82, 2.24) is 19.6 Å². The lowest BCUT2D eigenvalue weighted by atomic mass is 10.2. The van der Waals surface area contributed by atoms with Crippen LogP contribution in [-0.4, -0.2) is 19.6 Å². The third kappa shape index (κ3) is 1.70. The van der Waals surface area contributed by atoms with Crippen molar-refractivity contribution in [3.8, 4) is 0 Å². The van der Waals surface area contributed by atoms with Crippen LogP contribution in [0.4, 0.5) is 0 Å². The molecule has 3 aromatic rings. The van der Waals surface area contributed by atoms with Crippen molar-refractivity contribution < 1.29 is 0 Å². The third-order valence-corrected chi connectivity index (χ3v) is 3.80. The molecule has 0 fully saturated rings. The predicted molar refractivity (Wildman–Crippen MR) is 70.6 cm³/mol. The van der Waals surface area contributed by atoms with Gasteiger partial charge < -0.3 is 5.73 Å². The average Bonchev–Trinajstić information content (AvgIpc) is 2.96. The molecule has 0 amide bonds. The molecule has 0 aliphatic heterocycles. The highest BCUT2D eigenvalue weighted by atomic mass is 32.1. The largest absolute Gasteiger partial charge is 0.317 e. The maximum absolute atomic E-state index is 6.24. The zero-order chi connectivity index (χ0) is 12.7. The Bertz CT molecular complexity index is 686. The van der Waals surface area contributed by atoms with Crippen LogP contribution in [0.25, 0.3) is 5.78 Å². The summed E-state index contributed by atoms with van der Waals surface area (Å²) in [4.78, 5) is 5.43. The lowest BCUT2D eigenvalue weighted by molar-refractivity contribution is 0.768. The van der Waals surface area contributed by atoms with Gasteiger partial charge in [-0.1, -0.05) is 6.07 Å². The van der Waals surface area contributed by atoms with E-state index in [9.17, 15) is 0 Å². The van der Waals surface area contributed by atoms with E-state index in [1.807, 2.05) is 41.8 Å². The lowest BCUT2D eigenvalue weighted by Gasteiger charge is -2.09. The number of nitrogens with zero attached hydrogens (tertiary/aromatic N) is 4. The first-order valence-electron chi connectivity index (χ1n) is 5.65. The van der Waals surface area contributed by atoms with Crippen molar-refractivity contribution in [2.45, 2.75) is 19.9 Å². The van der Waals surface area contributed by atoms with Crippen LogP contribution in [0.1, 0.15) is 28.1 Å². The SMILES string of the molecule is Cc1cc(C)n2c(C(N)c3cccs3)nnc2n1. The Morgan fingerprint density at radius 3 is 2.89 bits per heavy atom. The van der Waals surface area contributed by atoms with Crippen LogP contribution in [0.5, 0.6) is 0 Å². The van der Waals surface area contributed by atoms with Crippen LogP contribution in [-0.2, 0) is 0 Å². The van der Waals surface area contributed by atoms with Gasteiger partial charge in [0.05, 0.1) is 0 Å². The van der Waals surface area contributed by atoms with Gasteiger partial charge in [0.2, 0.25) is 0 Å². The number of nitrogens with two attached hydrogens (primary N) is 1. The molecule has 2 N–H and O–H groups in total. The standard InChI is InChI=1S/C12H13N5S/c1-7-6-8(2)17-11(15-16-12(17)14-7)10(13)9-4-3-5-18-9/h3-6,10H,13H2,1-2H3. The number of aryl methyl sites for hydroxylation is 2. The van der Waals surface area contributed by atoms with E-state index in [0.29, 0.717) is 5.78 Å². The minimum atomic E-state index is -0.261. The van der Waals surface area contributed by atoms with Gasteiger partial charge in [0, 0.05) is 16.3 Å². The normalized spacial score (nSPS) is 13.1. The van der Waals surface area contributed by atoms with Crippen LogP contribution >= 0.6 is 11.3 Å². The number of thiophene rings is 1. The second kappa shape index (κ2) is 4.15. The number of fused-ring (bicyclic) bond motifs is 1. The topological polar surface area (TPSA) is 69.1 Å². The van der Waals surface area contributed by atoms with Gasteiger partial charge in [-0.2, -0.15) is 0 Å². The lowest BCUT2D eigenvalue weighted by Crippen LogP contribution is -2.15. The average molecular weight is 259 g/mol. The van der Waals surface area contributed by atoms with Gasteiger partial charge in [-0.05, 0) is 31.4 Å². The van der Waals surface area contributed by atoms with Crippen molar-refractivity contribution in [3.63, 3.8) is 0 Å². The minimum Gasteiger partial charge on any atom is -0.317 e. The van der Waals surface area contributed by atoms with Crippen molar-refractivity contribution in [3.05, 3.63) is 45.7 Å². The number of hydrogen-bond acceptors (Lipinski definition) is 5. The van der Waals surface area contributed by atoms with E-state index in [2.05, 4.69) is 15.2 Å². The molecule has 0 aliphatic rings. The fourth-order valence-electron chi connectivity index (χ4n) is 2.05. The van der Waals surface area contributed by atoms with Gasteiger partial charge in [-0.25, -0.2) is 4.98 Å². The van der Waals surface area contributed by atoms with Crippen LogP contribution in [0.3, 0.4) is 0 Å². The molecule has 0 saturated heterocycles.